The molecule has 0 saturated carbocycles. The minimum atomic E-state index is 0.176. The maximum Gasteiger partial charge on any atom is 0.253 e. The van der Waals surface area contributed by atoms with Gasteiger partial charge in [-0.1, -0.05) is 24.6 Å². The molecule has 0 radical (unpaired) electrons. The van der Waals surface area contributed by atoms with Crippen molar-refractivity contribution in [2.24, 2.45) is 0 Å². The highest BCUT2D eigenvalue weighted by Crippen LogP contribution is 2.17. The Morgan fingerprint density at radius 3 is 2.45 bits per heavy atom. The standard InChI is InChI=1S/C18H27N3O/c1-19-10-6-5-9-17(19)15-20-11-13-21(14-12-20)18(22)16-7-3-2-4-8-16/h2-4,7-8,17H,5-6,9-15H2,1H3/t17-/m1/s1. The Balaban J connectivity index is 1.49. The van der Waals surface area contributed by atoms with E-state index in [1.54, 1.807) is 0 Å². The maximum atomic E-state index is 12.4. The van der Waals surface area contributed by atoms with E-state index in [9.17, 15) is 4.79 Å². The van der Waals surface area contributed by atoms with Crippen molar-refractivity contribution in [3.63, 3.8) is 0 Å². The van der Waals surface area contributed by atoms with Crippen LogP contribution in [0.25, 0.3) is 0 Å². The van der Waals surface area contributed by atoms with E-state index < -0.39 is 0 Å². The van der Waals surface area contributed by atoms with Gasteiger partial charge in [0.15, 0.2) is 0 Å². The van der Waals surface area contributed by atoms with Gasteiger partial charge in [-0.15, -0.1) is 0 Å². The summed E-state index contributed by atoms with van der Waals surface area (Å²) in [4.78, 5) is 19.5. The number of piperazine rings is 1. The van der Waals surface area contributed by atoms with Crippen LogP contribution in [0.15, 0.2) is 30.3 Å². The molecule has 2 saturated heterocycles. The van der Waals surface area contributed by atoms with E-state index in [1.165, 1.54) is 25.8 Å². The number of hydrogen-bond donors (Lipinski definition) is 0. The summed E-state index contributed by atoms with van der Waals surface area (Å²) in [5, 5.41) is 0. The molecule has 0 bridgehead atoms. The zero-order valence-corrected chi connectivity index (χ0v) is 13.6. The van der Waals surface area contributed by atoms with Crippen LogP contribution in [0.4, 0.5) is 0 Å². The van der Waals surface area contributed by atoms with Crippen LogP contribution in [0.1, 0.15) is 29.6 Å². The highest BCUT2D eigenvalue weighted by atomic mass is 16.2. The zero-order valence-electron chi connectivity index (χ0n) is 13.6. The predicted octanol–water partition coefficient (Wildman–Crippen LogP) is 1.93. The zero-order chi connectivity index (χ0) is 15.4. The highest BCUT2D eigenvalue weighted by Gasteiger charge is 2.26. The molecule has 1 aromatic rings. The summed E-state index contributed by atoms with van der Waals surface area (Å²) in [5.41, 5.74) is 0.808. The van der Waals surface area contributed by atoms with Gasteiger partial charge >= 0.3 is 0 Å². The largest absolute Gasteiger partial charge is 0.336 e. The molecule has 3 rings (SSSR count). The molecule has 1 aromatic carbocycles. The van der Waals surface area contributed by atoms with Gasteiger partial charge in [0.25, 0.3) is 5.91 Å². The van der Waals surface area contributed by atoms with Crippen LogP contribution >= 0.6 is 0 Å². The molecule has 2 fully saturated rings. The molecule has 1 atom stereocenters. The number of likely N-dealkylation sites (tertiary alicyclic amines) is 1. The molecule has 2 aliphatic rings. The van der Waals surface area contributed by atoms with Crippen molar-refractivity contribution < 1.29 is 4.79 Å². The average molecular weight is 301 g/mol. The Morgan fingerprint density at radius 1 is 1.05 bits per heavy atom. The topological polar surface area (TPSA) is 26.8 Å². The van der Waals surface area contributed by atoms with Crippen LogP contribution in [-0.2, 0) is 0 Å². The van der Waals surface area contributed by atoms with Gasteiger partial charge in [-0.2, -0.15) is 0 Å². The molecule has 4 heteroatoms. The van der Waals surface area contributed by atoms with E-state index in [2.05, 4.69) is 16.8 Å². The number of carbonyl (C=O) groups is 1. The summed E-state index contributed by atoms with van der Waals surface area (Å²) >= 11 is 0. The van der Waals surface area contributed by atoms with E-state index in [0.717, 1.165) is 38.3 Å². The van der Waals surface area contributed by atoms with Gasteiger partial charge in [0.1, 0.15) is 0 Å². The predicted molar refractivity (Wildman–Crippen MR) is 89.1 cm³/mol. The Hall–Kier alpha value is -1.39. The number of amides is 1. The van der Waals surface area contributed by atoms with Crippen LogP contribution in [0, 0.1) is 0 Å². The second-order valence-corrected chi connectivity index (χ2v) is 6.59. The quantitative estimate of drug-likeness (QED) is 0.853. The SMILES string of the molecule is CN1CCCC[C@@H]1CN1CCN(C(=O)c2ccccc2)CC1. The number of carbonyl (C=O) groups excluding carboxylic acids is 1. The molecular formula is C18H27N3O. The van der Waals surface area contributed by atoms with E-state index in [1.807, 2.05) is 35.2 Å². The molecule has 2 aliphatic heterocycles. The fraction of sp³-hybridized carbons (Fsp3) is 0.611. The summed E-state index contributed by atoms with van der Waals surface area (Å²) in [6.07, 6.45) is 4.02. The molecular weight excluding hydrogens is 274 g/mol. The van der Waals surface area contributed by atoms with Gasteiger partial charge in [0.05, 0.1) is 0 Å². The van der Waals surface area contributed by atoms with Crippen molar-refractivity contribution >= 4 is 5.91 Å². The van der Waals surface area contributed by atoms with Gasteiger partial charge in [-0.05, 0) is 38.6 Å². The Labute approximate surface area is 133 Å². The number of hydrogen-bond acceptors (Lipinski definition) is 3. The number of piperidine rings is 1. The van der Waals surface area contributed by atoms with Gasteiger partial charge < -0.3 is 9.80 Å². The van der Waals surface area contributed by atoms with Gasteiger partial charge in [0.2, 0.25) is 0 Å². The molecule has 2 heterocycles. The van der Waals surface area contributed by atoms with Gasteiger partial charge in [-0.25, -0.2) is 0 Å². The fourth-order valence-electron chi connectivity index (χ4n) is 3.57. The molecule has 0 N–H and O–H groups in total. The summed E-state index contributed by atoms with van der Waals surface area (Å²) in [6, 6.07) is 10.3. The fourth-order valence-corrected chi connectivity index (χ4v) is 3.57. The molecule has 0 aliphatic carbocycles. The Kier molecular flexibility index (Phi) is 5.11. The number of benzene rings is 1. The van der Waals surface area contributed by atoms with Crippen LogP contribution in [-0.4, -0.2) is 73.0 Å². The van der Waals surface area contributed by atoms with Crippen molar-refractivity contribution in [3.05, 3.63) is 35.9 Å². The van der Waals surface area contributed by atoms with E-state index >= 15 is 0 Å². The van der Waals surface area contributed by atoms with E-state index in [-0.39, 0.29) is 5.91 Å². The summed E-state index contributed by atoms with van der Waals surface area (Å²) in [5.74, 6) is 0.176. The van der Waals surface area contributed by atoms with Gasteiger partial charge in [0, 0.05) is 44.3 Å². The molecule has 0 unspecified atom stereocenters. The molecule has 120 valence electrons. The van der Waals surface area contributed by atoms with E-state index in [0.29, 0.717) is 6.04 Å². The minimum Gasteiger partial charge on any atom is -0.336 e. The number of nitrogens with zero attached hydrogens (tertiary/aromatic N) is 3. The Morgan fingerprint density at radius 2 is 1.77 bits per heavy atom. The normalized spacial score (nSPS) is 24.4. The third-order valence-corrected chi connectivity index (χ3v) is 5.07. The second-order valence-electron chi connectivity index (χ2n) is 6.59. The molecule has 22 heavy (non-hydrogen) atoms. The lowest BCUT2D eigenvalue weighted by atomic mass is 10.0. The first kappa shape index (κ1) is 15.5. The van der Waals surface area contributed by atoms with Crippen molar-refractivity contribution in [1.29, 1.82) is 0 Å². The van der Waals surface area contributed by atoms with E-state index in [4.69, 9.17) is 0 Å². The molecule has 4 nitrogen and oxygen atoms in total. The first-order chi connectivity index (χ1) is 10.7. The molecule has 0 aromatic heterocycles. The summed E-state index contributed by atoms with van der Waals surface area (Å²) in [7, 11) is 2.25. The second kappa shape index (κ2) is 7.25. The molecule has 0 spiro atoms. The highest BCUT2D eigenvalue weighted by molar-refractivity contribution is 5.94. The van der Waals surface area contributed by atoms with Crippen LogP contribution in [0.5, 0.6) is 0 Å². The summed E-state index contributed by atoms with van der Waals surface area (Å²) in [6.45, 7) is 6.10. The van der Waals surface area contributed by atoms with Crippen molar-refractivity contribution in [2.75, 3.05) is 46.3 Å². The van der Waals surface area contributed by atoms with Crippen molar-refractivity contribution in [2.45, 2.75) is 25.3 Å². The first-order valence-corrected chi connectivity index (χ1v) is 8.51. The smallest absolute Gasteiger partial charge is 0.253 e. The van der Waals surface area contributed by atoms with Gasteiger partial charge in [-0.3, -0.25) is 9.69 Å². The lowest BCUT2D eigenvalue weighted by molar-refractivity contribution is 0.0565. The van der Waals surface area contributed by atoms with Crippen LogP contribution in [0.2, 0.25) is 0 Å². The number of likely N-dealkylation sites (N-methyl/N-ethyl adjacent to an activating group) is 1. The van der Waals surface area contributed by atoms with Crippen LogP contribution < -0.4 is 0 Å². The average Bonchev–Trinajstić information content (AvgIpc) is 2.58. The monoisotopic (exact) mass is 301 g/mol. The van der Waals surface area contributed by atoms with Crippen molar-refractivity contribution in [1.82, 2.24) is 14.7 Å². The third-order valence-electron chi connectivity index (χ3n) is 5.07. The third kappa shape index (κ3) is 3.68. The van der Waals surface area contributed by atoms with Crippen molar-refractivity contribution in [3.8, 4) is 0 Å². The van der Waals surface area contributed by atoms with Crippen LogP contribution in [0.3, 0.4) is 0 Å². The number of rotatable bonds is 3. The maximum absolute atomic E-state index is 12.4. The first-order valence-electron chi connectivity index (χ1n) is 8.51. The lowest BCUT2D eigenvalue weighted by Gasteiger charge is -2.40. The lowest BCUT2D eigenvalue weighted by Crippen LogP contribution is -2.53. The summed E-state index contributed by atoms with van der Waals surface area (Å²) < 4.78 is 0. The molecule has 1 amide bonds. The minimum absolute atomic E-state index is 0.176. The Bertz CT molecular complexity index is 482.